The van der Waals surface area contributed by atoms with Gasteiger partial charge in [-0.1, -0.05) is 27.7 Å². The first-order valence-electron chi connectivity index (χ1n) is 23.5. The van der Waals surface area contributed by atoms with Gasteiger partial charge < -0.3 is 89.7 Å². The zero-order valence-corrected chi connectivity index (χ0v) is 36.9. The van der Waals surface area contributed by atoms with Gasteiger partial charge >= 0.3 is 0 Å². The lowest BCUT2D eigenvalue weighted by Gasteiger charge is -2.61. The number of ether oxygens (including phenoxy) is 6. The minimum Gasteiger partial charge on any atom is -0.464 e. The van der Waals surface area contributed by atoms with E-state index in [-0.39, 0.29) is 65.2 Å². The molecule has 4 aliphatic heterocycles. The van der Waals surface area contributed by atoms with E-state index in [0.29, 0.717) is 49.4 Å². The third-order valence-corrected chi connectivity index (χ3v) is 17.9. The van der Waals surface area contributed by atoms with E-state index in [1.165, 1.54) is 0 Å². The summed E-state index contributed by atoms with van der Waals surface area (Å²) in [6.07, 6.45) is -13.7. The van der Waals surface area contributed by atoms with E-state index in [2.05, 4.69) is 20.8 Å². The lowest BCUT2D eigenvalue weighted by molar-refractivity contribution is -0.369. The summed E-state index contributed by atoms with van der Waals surface area (Å²) in [6.45, 7) is 7.67. The summed E-state index contributed by atoms with van der Waals surface area (Å²) in [5.41, 5.74) is 0.0454. The van der Waals surface area contributed by atoms with Crippen LogP contribution in [0.25, 0.3) is 0 Å². The highest BCUT2D eigenvalue weighted by atomic mass is 16.8. The second-order valence-electron chi connectivity index (χ2n) is 21.2. The second kappa shape index (κ2) is 18.4. The monoisotopic (exact) mass is 902 g/mol. The summed E-state index contributed by atoms with van der Waals surface area (Å²) in [7, 11) is 0. The highest BCUT2D eigenvalue weighted by molar-refractivity contribution is 5.22. The minimum atomic E-state index is -1.95. The van der Waals surface area contributed by atoms with Crippen LogP contribution in [-0.2, 0) is 28.4 Å². The molecule has 4 aliphatic carbocycles. The van der Waals surface area contributed by atoms with Gasteiger partial charge in [-0.25, -0.2) is 0 Å². The van der Waals surface area contributed by atoms with Crippen LogP contribution in [0.4, 0.5) is 0 Å². The van der Waals surface area contributed by atoms with Crippen LogP contribution < -0.4 is 0 Å². The molecule has 8 rings (SSSR count). The molecular formula is C45H74O18. The molecule has 12 N–H and O–H groups in total. The maximum absolute atomic E-state index is 12.0. The van der Waals surface area contributed by atoms with Crippen LogP contribution in [0.15, 0.2) is 11.3 Å². The molecule has 0 spiro atoms. The van der Waals surface area contributed by atoms with Crippen LogP contribution in [0.1, 0.15) is 98.3 Å². The maximum Gasteiger partial charge on any atom is 0.229 e. The summed E-state index contributed by atoms with van der Waals surface area (Å²) in [4.78, 5) is 0. The molecule has 8 aliphatic rings. The largest absolute Gasteiger partial charge is 0.464 e. The zero-order valence-electron chi connectivity index (χ0n) is 36.9. The first-order chi connectivity index (χ1) is 29.8. The van der Waals surface area contributed by atoms with Crippen molar-refractivity contribution in [3.8, 4) is 0 Å². The van der Waals surface area contributed by atoms with Gasteiger partial charge in [-0.2, -0.15) is 0 Å². The maximum atomic E-state index is 12.0. The van der Waals surface area contributed by atoms with Gasteiger partial charge in [0.25, 0.3) is 0 Å². The van der Waals surface area contributed by atoms with Crippen LogP contribution >= 0.6 is 0 Å². The fourth-order valence-corrected chi connectivity index (χ4v) is 14.1. The molecular weight excluding hydrogens is 828 g/mol. The van der Waals surface area contributed by atoms with Crippen molar-refractivity contribution >= 4 is 0 Å². The Labute approximate surface area is 368 Å². The average Bonchev–Trinajstić information content (AvgIpc) is 3.70. The summed E-state index contributed by atoms with van der Waals surface area (Å²) in [6, 6.07) is 0. The van der Waals surface area contributed by atoms with E-state index in [1.807, 2.05) is 6.92 Å². The Morgan fingerprint density at radius 2 is 1.44 bits per heavy atom. The normalized spacial score (nSPS) is 53.9. The Balaban J connectivity index is 0.979. The Morgan fingerprint density at radius 3 is 2.14 bits per heavy atom. The van der Waals surface area contributed by atoms with Crippen LogP contribution in [0.5, 0.6) is 0 Å². The molecule has 4 heterocycles. The standard InChI is InChI=1S/C45H74O18/c1-19(16-46)7-12-45(57)20(2)31-27(63-45)15-26-23-6-5-21-13-22(8-10-43(21,3)25(23)9-11-44(26,31)4)58-42-39(61-41-38(55)36(53)37(54)40(56)62-41)32(49)24(29(17-47)60-42)14-28-33(50)35(52)34(51)30(18-48)59-28/h19-23,25-28,30-42,46-57H,5-18H2,1-4H3/t19-,20+,21?,22?,23-,25+,26+,27?,28+,30?,31-,32?,33?,34-,35?,36?,37-,38?,39?,40?,41-,42-,43+,44+,45?/m1/s1. The van der Waals surface area contributed by atoms with E-state index >= 15 is 0 Å². The topological polar surface area (TPSA) is 298 Å². The molecule has 0 aromatic carbocycles. The van der Waals surface area contributed by atoms with Crippen molar-refractivity contribution in [2.24, 2.45) is 52.3 Å². The number of hydrogen-bond acceptors (Lipinski definition) is 18. The molecule has 0 aromatic heterocycles. The highest BCUT2D eigenvalue weighted by Crippen LogP contribution is 2.71. The summed E-state index contributed by atoms with van der Waals surface area (Å²) in [5, 5.41) is 127. The summed E-state index contributed by atoms with van der Waals surface area (Å²) >= 11 is 0. The van der Waals surface area contributed by atoms with Crippen LogP contribution in [0.3, 0.4) is 0 Å². The van der Waals surface area contributed by atoms with Crippen molar-refractivity contribution < 1.29 is 89.7 Å². The van der Waals surface area contributed by atoms with Gasteiger partial charge in [0.15, 0.2) is 24.5 Å². The minimum absolute atomic E-state index is 0.00570. The Kier molecular flexibility index (Phi) is 14.1. The smallest absolute Gasteiger partial charge is 0.229 e. The van der Waals surface area contributed by atoms with Crippen molar-refractivity contribution in [2.75, 3.05) is 19.8 Å². The van der Waals surface area contributed by atoms with Crippen molar-refractivity contribution in [2.45, 2.75) is 196 Å². The fraction of sp³-hybridized carbons (Fsp3) is 0.956. The predicted molar refractivity (Wildman–Crippen MR) is 217 cm³/mol. The summed E-state index contributed by atoms with van der Waals surface area (Å²) in [5.74, 6) is 0.839. The quantitative estimate of drug-likeness (QED) is 0.113. The summed E-state index contributed by atoms with van der Waals surface area (Å²) < 4.78 is 36.6. The molecule has 25 atom stereocenters. The predicted octanol–water partition coefficient (Wildman–Crippen LogP) is -0.889. The molecule has 0 radical (unpaired) electrons. The molecule has 4 saturated carbocycles. The van der Waals surface area contributed by atoms with Crippen LogP contribution in [0, 0.1) is 52.3 Å². The van der Waals surface area contributed by atoms with Gasteiger partial charge in [0, 0.05) is 30.9 Å². The lowest BCUT2D eigenvalue weighted by atomic mass is 9.44. The fourth-order valence-electron chi connectivity index (χ4n) is 14.1. The molecule has 18 nitrogen and oxygen atoms in total. The van der Waals surface area contributed by atoms with Crippen molar-refractivity contribution in [3.05, 3.63) is 11.3 Å². The van der Waals surface area contributed by atoms with Gasteiger partial charge in [-0.15, -0.1) is 0 Å². The van der Waals surface area contributed by atoms with Gasteiger partial charge in [-0.05, 0) is 104 Å². The molecule has 0 amide bonds. The third-order valence-electron chi connectivity index (χ3n) is 17.9. The lowest BCUT2D eigenvalue weighted by Crippen LogP contribution is -2.61. The van der Waals surface area contributed by atoms with Crippen molar-refractivity contribution in [3.63, 3.8) is 0 Å². The van der Waals surface area contributed by atoms with E-state index < -0.39 is 98.9 Å². The van der Waals surface area contributed by atoms with Gasteiger partial charge in [0.1, 0.15) is 61.2 Å². The van der Waals surface area contributed by atoms with E-state index in [4.69, 9.17) is 28.4 Å². The first kappa shape index (κ1) is 48.3. The Morgan fingerprint density at radius 1 is 0.746 bits per heavy atom. The second-order valence-corrected chi connectivity index (χ2v) is 21.2. The number of aliphatic hydroxyl groups excluding tert-OH is 11. The average molecular weight is 903 g/mol. The third kappa shape index (κ3) is 8.35. The number of hydrogen-bond donors (Lipinski definition) is 12. The van der Waals surface area contributed by atoms with Gasteiger partial charge in [0.05, 0.1) is 24.9 Å². The molecule has 0 bridgehead atoms. The molecule has 362 valence electrons. The van der Waals surface area contributed by atoms with Crippen molar-refractivity contribution in [1.29, 1.82) is 0 Å². The number of aliphatic hydroxyl groups is 12. The zero-order chi connectivity index (χ0) is 45.5. The first-order valence-corrected chi connectivity index (χ1v) is 23.5. The Hall–Kier alpha value is -1.14. The van der Waals surface area contributed by atoms with Gasteiger partial charge in [-0.3, -0.25) is 0 Å². The molecule has 63 heavy (non-hydrogen) atoms. The van der Waals surface area contributed by atoms with E-state index in [0.717, 1.165) is 38.5 Å². The molecule has 12 unspecified atom stereocenters. The highest BCUT2D eigenvalue weighted by Gasteiger charge is 2.68. The molecule has 18 heteroatoms. The molecule has 0 aromatic rings. The molecule has 7 fully saturated rings. The van der Waals surface area contributed by atoms with Crippen LogP contribution in [-0.4, -0.2) is 179 Å². The number of fused-ring (bicyclic) bond motifs is 7. The number of rotatable bonds is 12. The molecule has 3 saturated heterocycles. The van der Waals surface area contributed by atoms with Crippen LogP contribution in [0.2, 0.25) is 0 Å². The van der Waals surface area contributed by atoms with E-state index in [1.54, 1.807) is 0 Å². The SMILES string of the molecule is C[C@@H](CO)CCC1(O)OC2C[C@H]3[C@@H]4CCC5CC(O[C@@H]6OC(CO)=C(C[C@@H]7OC(CO)[C@@H](O)C(O)C7O)C(O)C6O[C@@H]6OC(O)[C@H](O)C(O)C6O)CC[C@]5(C)[C@H]4CC[C@]3(C)[C@@H]2[C@@H]1C. The van der Waals surface area contributed by atoms with Gasteiger partial charge in [0.2, 0.25) is 6.29 Å². The van der Waals surface area contributed by atoms with E-state index in [9.17, 15) is 61.3 Å². The van der Waals surface area contributed by atoms with Crippen molar-refractivity contribution in [1.82, 2.24) is 0 Å². The Bertz CT molecular complexity index is 1620.